The average molecular weight is 401 g/mol. The maximum Gasteiger partial charge on any atom is 0.145 e. The van der Waals surface area contributed by atoms with E-state index in [2.05, 4.69) is 28.8 Å². The topological polar surface area (TPSA) is 41.1 Å². The second-order valence-corrected chi connectivity index (χ2v) is 8.07. The number of para-hydroxylation sites is 2. The summed E-state index contributed by atoms with van der Waals surface area (Å²) in [6, 6.07) is 26.0. The molecule has 2 aliphatic rings. The Hall–Kier alpha value is -3.04. The minimum absolute atomic E-state index is 0.0820. The third-order valence-corrected chi connectivity index (χ3v) is 6.04. The maximum atomic E-state index is 13.4. The maximum absolute atomic E-state index is 13.4. The summed E-state index contributed by atoms with van der Waals surface area (Å²) in [7, 11) is 0. The van der Waals surface area contributed by atoms with Crippen molar-refractivity contribution >= 4 is 28.8 Å². The van der Waals surface area contributed by atoms with Gasteiger partial charge in [-0.2, -0.15) is 0 Å². The summed E-state index contributed by atoms with van der Waals surface area (Å²) < 4.78 is 0. The Morgan fingerprint density at radius 2 is 1.48 bits per heavy atom. The zero-order valence-corrected chi connectivity index (χ0v) is 16.6. The molecule has 29 heavy (non-hydrogen) atoms. The molecule has 0 aromatic heterocycles. The second-order valence-electron chi connectivity index (χ2n) is 7.63. The number of allylic oxidation sites excluding steroid dienone is 1. The van der Waals surface area contributed by atoms with E-state index in [1.54, 1.807) is 0 Å². The van der Waals surface area contributed by atoms with Crippen LogP contribution in [0.3, 0.4) is 0 Å². The van der Waals surface area contributed by atoms with E-state index < -0.39 is 0 Å². The fraction of sp³-hybridized carbons (Fsp3) is 0.160. The number of halogens is 1. The number of anilines is 2. The van der Waals surface area contributed by atoms with Crippen LogP contribution in [-0.4, -0.2) is 5.78 Å². The third kappa shape index (κ3) is 3.43. The van der Waals surface area contributed by atoms with Crippen molar-refractivity contribution in [1.29, 1.82) is 0 Å². The molecule has 3 atom stereocenters. The first-order valence-electron chi connectivity index (χ1n) is 9.86. The summed E-state index contributed by atoms with van der Waals surface area (Å²) in [6.07, 6.45) is 2.73. The number of Topliss-reactive ketones (excluding diaryl/α,β-unsaturated/α-hetero) is 1. The van der Waals surface area contributed by atoms with Crippen LogP contribution >= 0.6 is 11.6 Å². The van der Waals surface area contributed by atoms with Gasteiger partial charge in [-0.25, -0.2) is 0 Å². The van der Waals surface area contributed by atoms with Crippen LogP contribution in [0, 0.1) is 5.92 Å². The van der Waals surface area contributed by atoms with Gasteiger partial charge in [0.1, 0.15) is 5.78 Å². The molecule has 144 valence electrons. The summed E-state index contributed by atoms with van der Waals surface area (Å²) in [5.41, 5.74) is 5.17. The van der Waals surface area contributed by atoms with E-state index in [0.717, 1.165) is 22.6 Å². The van der Waals surface area contributed by atoms with Gasteiger partial charge < -0.3 is 10.6 Å². The van der Waals surface area contributed by atoms with E-state index in [1.807, 2.05) is 66.7 Å². The van der Waals surface area contributed by atoms with Gasteiger partial charge in [-0.3, -0.25) is 4.79 Å². The highest BCUT2D eigenvalue weighted by Crippen LogP contribution is 2.44. The molecule has 0 bridgehead atoms. The van der Waals surface area contributed by atoms with Crippen molar-refractivity contribution < 1.29 is 4.79 Å². The summed E-state index contributed by atoms with van der Waals surface area (Å²) in [5, 5.41) is 7.86. The first-order chi connectivity index (χ1) is 14.2. The van der Waals surface area contributed by atoms with Gasteiger partial charge in [0, 0.05) is 23.1 Å². The number of ketones is 1. The van der Waals surface area contributed by atoms with E-state index >= 15 is 0 Å². The second kappa shape index (κ2) is 7.41. The normalized spacial score (nSPS) is 23.0. The Kier molecular flexibility index (Phi) is 4.61. The molecular formula is C25H21ClN2O. The third-order valence-electron chi connectivity index (χ3n) is 5.79. The highest BCUT2D eigenvalue weighted by atomic mass is 35.5. The van der Waals surface area contributed by atoms with Gasteiger partial charge in [0.05, 0.1) is 23.3 Å². The number of hydrogen-bond donors (Lipinski definition) is 2. The van der Waals surface area contributed by atoms with Gasteiger partial charge in [0.2, 0.25) is 0 Å². The molecular weight excluding hydrogens is 380 g/mol. The van der Waals surface area contributed by atoms with Crippen LogP contribution in [0.5, 0.6) is 0 Å². The molecule has 3 aromatic rings. The Morgan fingerprint density at radius 1 is 0.793 bits per heavy atom. The van der Waals surface area contributed by atoms with E-state index in [0.29, 0.717) is 11.4 Å². The van der Waals surface area contributed by atoms with Gasteiger partial charge in [-0.15, -0.1) is 0 Å². The molecule has 0 fully saturated rings. The molecule has 3 nitrogen and oxygen atoms in total. The Bertz CT molecular complexity index is 1080. The SMILES string of the molecule is O=C1CC(c2ccccc2)C=C2Nc3ccccc3NC(c3ccc(Cl)cc3)C12. The largest absolute Gasteiger partial charge is 0.375 e. The summed E-state index contributed by atoms with van der Waals surface area (Å²) in [4.78, 5) is 13.4. The molecule has 0 saturated heterocycles. The molecule has 0 spiro atoms. The summed E-state index contributed by atoms with van der Waals surface area (Å²) in [5.74, 6) is 0.0474. The lowest BCUT2D eigenvalue weighted by Crippen LogP contribution is -2.33. The van der Waals surface area contributed by atoms with Gasteiger partial charge in [0.25, 0.3) is 0 Å². The van der Waals surface area contributed by atoms with E-state index in [4.69, 9.17) is 11.6 Å². The smallest absolute Gasteiger partial charge is 0.145 e. The van der Waals surface area contributed by atoms with E-state index in [1.165, 1.54) is 5.56 Å². The fourth-order valence-corrected chi connectivity index (χ4v) is 4.49. The zero-order valence-electron chi connectivity index (χ0n) is 15.8. The highest BCUT2D eigenvalue weighted by Gasteiger charge is 2.39. The predicted octanol–water partition coefficient (Wildman–Crippen LogP) is 6.18. The van der Waals surface area contributed by atoms with Gasteiger partial charge >= 0.3 is 0 Å². The molecule has 3 unspecified atom stereocenters. The van der Waals surface area contributed by atoms with Crippen LogP contribution in [0.4, 0.5) is 11.4 Å². The van der Waals surface area contributed by atoms with Gasteiger partial charge in [0.15, 0.2) is 0 Å². The van der Waals surface area contributed by atoms with Crippen molar-refractivity contribution in [2.45, 2.75) is 18.4 Å². The average Bonchev–Trinajstić information content (AvgIpc) is 2.92. The lowest BCUT2D eigenvalue weighted by Gasteiger charge is -2.32. The van der Waals surface area contributed by atoms with Crippen LogP contribution in [0.15, 0.2) is 90.6 Å². The fourth-order valence-electron chi connectivity index (χ4n) is 4.37. The van der Waals surface area contributed by atoms with E-state index in [9.17, 15) is 4.79 Å². The lowest BCUT2D eigenvalue weighted by atomic mass is 9.76. The van der Waals surface area contributed by atoms with Gasteiger partial charge in [-0.05, 0) is 35.4 Å². The number of hydrogen-bond acceptors (Lipinski definition) is 3. The highest BCUT2D eigenvalue weighted by molar-refractivity contribution is 6.30. The molecule has 2 N–H and O–H groups in total. The van der Waals surface area contributed by atoms with Crippen molar-refractivity contribution in [3.63, 3.8) is 0 Å². The number of benzene rings is 3. The molecule has 5 rings (SSSR count). The van der Waals surface area contributed by atoms with Crippen LogP contribution in [0.25, 0.3) is 0 Å². The molecule has 4 heteroatoms. The van der Waals surface area contributed by atoms with Crippen molar-refractivity contribution in [3.05, 3.63) is 107 Å². The molecule has 1 aliphatic heterocycles. The number of carbonyl (C=O) groups excluding carboxylic acids is 1. The molecule has 3 aromatic carbocycles. The molecule has 0 saturated carbocycles. The number of nitrogens with one attached hydrogen (secondary N) is 2. The Labute approximate surface area is 175 Å². The van der Waals surface area contributed by atoms with E-state index in [-0.39, 0.29) is 23.7 Å². The number of carbonyl (C=O) groups is 1. The van der Waals surface area contributed by atoms with Crippen LogP contribution in [0.1, 0.15) is 29.5 Å². The van der Waals surface area contributed by atoms with Crippen LogP contribution < -0.4 is 10.6 Å². The number of fused-ring (bicyclic) bond motifs is 2. The number of rotatable bonds is 2. The monoisotopic (exact) mass is 400 g/mol. The first kappa shape index (κ1) is 18.0. The Balaban J connectivity index is 1.62. The zero-order chi connectivity index (χ0) is 19.8. The van der Waals surface area contributed by atoms with Gasteiger partial charge in [-0.1, -0.05) is 72.3 Å². The van der Waals surface area contributed by atoms with Crippen molar-refractivity contribution in [1.82, 2.24) is 0 Å². The predicted molar refractivity (Wildman–Crippen MR) is 118 cm³/mol. The molecule has 1 heterocycles. The van der Waals surface area contributed by atoms with Crippen molar-refractivity contribution in [3.8, 4) is 0 Å². The molecule has 0 radical (unpaired) electrons. The minimum atomic E-state index is -0.275. The lowest BCUT2D eigenvalue weighted by molar-refractivity contribution is -0.122. The van der Waals surface area contributed by atoms with Crippen molar-refractivity contribution in [2.24, 2.45) is 5.92 Å². The first-order valence-corrected chi connectivity index (χ1v) is 10.2. The van der Waals surface area contributed by atoms with Crippen LogP contribution in [-0.2, 0) is 4.79 Å². The van der Waals surface area contributed by atoms with Crippen LogP contribution in [0.2, 0.25) is 5.02 Å². The standard InChI is InChI=1S/C25H21ClN2O/c26-19-12-10-17(11-13-19)25-24-22(27-20-8-4-5-9-21(20)28-25)14-18(15-23(24)29)16-6-2-1-3-7-16/h1-14,18,24-25,27-28H,15H2. The van der Waals surface area contributed by atoms with Crippen molar-refractivity contribution in [2.75, 3.05) is 10.6 Å². The summed E-state index contributed by atoms with van der Waals surface area (Å²) in [6.45, 7) is 0. The molecule has 1 aliphatic carbocycles. The quantitative estimate of drug-likeness (QED) is 0.540. The molecule has 0 amide bonds. The summed E-state index contributed by atoms with van der Waals surface area (Å²) >= 11 is 6.11. The minimum Gasteiger partial charge on any atom is -0.375 e. The Morgan fingerprint density at radius 3 is 2.24 bits per heavy atom.